The first-order valence-electron chi connectivity index (χ1n) is 2.60. The highest BCUT2D eigenvalue weighted by Crippen LogP contribution is 1.77. The van der Waals surface area contributed by atoms with Crippen LogP contribution in [0.1, 0.15) is 20.8 Å². The largest absolute Gasteiger partial charge is 0.299 e. The summed E-state index contributed by atoms with van der Waals surface area (Å²) < 4.78 is 0. The first-order valence-corrected chi connectivity index (χ1v) is 2.60. The summed E-state index contributed by atoms with van der Waals surface area (Å²) in [6.07, 6.45) is -0.125. The normalized spacial score (nSPS) is 15.0. The summed E-state index contributed by atoms with van der Waals surface area (Å²) in [7, 11) is 0. The zero-order valence-corrected chi connectivity index (χ0v) is 5.15. The van der Waals surface area contributed by atoms with Crippen LogP contribution in [-0.4, -0.2) is 12.2 Å². The van der Waals surface area contributed by atoms with Crippen molar-refractivity contribution in [1.82, 2.24) is 11.1 Å². The molecule has 0 aliphatic heterocycles. The zero-order valence-electron chi connectivity index (χ0n) is 5.15. The van der Waals surface area contributed by atoms with Crippen LogP contribution in [0.5, 0.6) is 0 Å². The Bertz CT molecular complexity index is 35.3. The molecule has 1 atom stereocenters. The molecule has 0 aromatic heterocycles. The third kappa shape index (κ3) is 5.92. The zero-order chi connectivity index (χ0) is 5.86. The Balaban J connectivity index is 2.95. The predicted molar refractivity (Wildman–Crippen MR) is 30.8 cm³/mol. The summed E-state index contributed by atoms with van der Waals surface area (Å²) in [6, 6.07) is 0.438. The van der Waals surface area contributed by atoms with E-state index in [-0.39, 0.29) is 6.17 Å². The van der Waals surface area contributed by atoms with Gasteiger partial charge in [-0.3, -0.25) is 5.32 Å². The van der Waals surface area contributed by atoms with Gasteiger partial charge in [0.05, 0.1) is 6.17 Å². The van der Waals surface area contributed by atoms with Gasteiger partial charge in [0, 0.05) is 6.04 Å². The van der Waals surface area contributed by atoms with Crippen molar-refractivity contribution in [2.75, 3.05) is 0 Å². The van der Waals surface area contributed by atoms with Gasteiger partial charge in [-0.2, -0.15) is 0 Å². The molecule has 0 bridgehead atoms. The quantitative estimate of drug-likeness (QED) is 0.543. The van der Waals surface area contributed by atoms with Crippen LogP contribution in [0.2, 0.25) is 0 Å². The Morgan fingerprint density at radius 2 is 1.71 bits per heavy atom. The number of nitrogens with one attached hydrogen (secondary N) is 2. The third-order valence-electron chi connectivity index (χ3n) is 0.583. The maximum absolute atomic E-state index is 7.00. The van der Waals surface area contributed by atoms with Gasteiger partial charge in [-0.25, -0.2) is 5.73 Å². The number of hydrogen-bond donors (Lipinski definition) is 1. The Morgan fingerprint density at radius 3 is 1.71 bits per heavy atom. The molecule has 0 aromatic rings. The molecule has 2 heteroatoms. The molecule has 0 aliphatic rings. The van der Waals surface area contributed by atoms with Gasteiger partial charge in [0.15, 0.2) is 0 Å². The molecule has 0 amide bonds. The average Bonchev–Trinajstić information content (AvgIpc) is 1.27. The van der Waals surface area contributed by atoms with Crippen molar-refractivity contribution in [2.45, 2.75) is 33.0 Å². The van der Waals surface area contributed by atoms with Crippen molar-refractivity contribution >= 4 is 0 Å². The van der Waals surface area contributed by atoms with E-state index in [4.69, 9.17) is 5.73 Å². The second kappa shape index (κ2) is 2.99. The number of rotatable bonds is 2. The van der Waals surface area contributed by atoms with Crippen LogP contribution >= 0.6 is 0 Å². The molecule has 0 saturated carbocycles. The van der Waals surface area contributed by atoms with Gasteiger partial charge in [0.25, 0.3) is 0 Å². The molecule has 0 rings (SSSR count). The second-order valence-corrected chi connectivity index (χ2v) is 2.04. The number of hydrogen-bond acceptors (Lipinski definition) is 1. The van der Waals surface area contributed by atoms with Crippen molar-refractivity contribution in [2.24, 2.45) is 0 Å². The molecule has 43 valence electrons. The Labute approximate surface area is 45.1 Å². The van der Waals surface area contributed by atoms with Crippen LogP contribution in [-0.2, 0) is 0 Å². The van der Waals surface area contributed by atoms with Crippen LogP contribution in [0.15, 0.2) is 0 Å². The van der Waals surface area contributed by atoms with E-state index in [0.717, 1.165) is 0 Å². The molecule has 1 unspecified atom stereocenters. The Hall–Kier alpha value is -0.0800. The van der Waals surface area contributed by atoms with E-state index in [9.17, 15) is 0 Å². The molecule has 7 heavy (non-hydrogen) atoms. The Kier molecular flexibility index (Phi) is 2.96. The van der Waals surface area contributed by atoms with Gasteiger partial charge in [0.2, 0.25) is 0 Å². The molecule has 0 aliphatic carbocycles. The summed E-state index contributed by atoms with van der Waals surface area (Å²) in [5.74, 6) is 0. The molecule has 0 saturated heterocycles. The van der Waals surface area contributed by atoms with Gasteiger partial charge < -0.3 is 0 Å². The predicted octanol–water partition coefficient (Wildman–Crippen LogP) is 0.613. The van der Waals surface area contributed by atoms with Gasteiger partial charge in [-0.15, -0.1) is 0 Å². The highest BCUT2D eigenvalue weighted by atomic mass is 15.0. The van der Waals surface area contributed by atoms with Crippen molar-refractivity contribution in [3.63, 3.8) is 0 Å². The third-order valence-corrected chi connectivity index (χ3v) is 0.583. The van der Waals surface area contributed by atoms with Crippen molar-refractivity contribution < 1.29 is 0 Å². The molecular formula is C5H13N2. The highest BCUT2D eigenvalue weighted by Gasteiger charge is 1.93. The van der Waals surface area contributed by atoms with E-state index < -0.39 is 0 Å². The van der Waals surface area contributed by atoms with Crippen molar-refractivity contribution in [3.8, 4) is 0 Å². The molecule has 1 radical (unpaired) electrons. The summed E-state index contributed by atoms with van der Waals surface area (Å²) in [5, 5.41) is 2.97. The van der Waals surface area contributed by atoms with Crippen LogP contribution in [0.3, 0.4) is 0 Å². The first-order chi connectivity index (χ1) is 3.13. The highest BCUT2D eigenvalue weighted by molar-refractivity contribution is 4.53. The molecular weight excluding hydrogens is 88.1 g/mol. The van der Waals surface area contributed by atoms with E-state index >= 15 is 0 Å². The monoisotopic (exact) mass is 101 g/mol. The Morgan fingerprint density at radius 1 is 1.29 bits per heavy atom. The minimum absolute atomic E-state index is 0.125. The standard InChI is InChI=1S/C5H13N2/c1-4(2)7-5(3)6/h4-7H,1-3H3. The fourth-order valence-corrected chi connectivity index (χ4v) is 0.500. The van der Waals surface area contributed by atoms with Crippen LogP contribution in [0.4, 0.5) is 0 Å². The van der Waals surface area contributed by atoms with E-state index in [0.29, 0.717) is 6.04 Å². The maximum atomic E-state index is 7.00. The van der Waals surface area contributed by atoms with E-state index in [1.165, 1.54) is 0 Å². The summed E-state index contributed by atoms with van der Waals surface area (Å²) in [5.41, 5.74) is 7.00. The topological polar surface area (TPSA) is 35.8 Å². The van der Waals surface area contributed by atoms with Crippen LogP contribution in [0.25, 0.3) is 0 Å². The van der Waals surface area contributed by atoms with Gasteiger partial charge >= 0.3 is 0 Å². The van der Waals surface area contributed by atoms with Crippen molar-refractivity contribution in [3.05, 3.63) is 0 Å². The van der Waals surface area contributed by atoms with Gasteiger partial charge in [0.1, 0.15) is 0 Å². The summed E-state index contributed by atoms with van der Waals surface area (Å²) >= 11 is 0. The second-order valence-electron chi connectivity index (χ2n) is 2.04. The van der Waals surface area contributed by atoms with Crippen molar-refractivity contribution in [1.29, 1.82) is 0 Å². The molecule has 2 N–H and O–H groups in total. The fourth-order valence-electron chi connectivity index (χ4n) is 0.500. The van der Waals surface area contributed by atoms with E-state index in [1.807, 2.05) is 20.8 Å². The lowest BCUT2D eigenvalue weighted by Gasteiger charge is -2.09. The molecule has 2 nitrogen and oxygen atoms in total. The van der Waals surface area contributed by atoms with Gasteiger partial charge in [-0.05, 0) is 20.8 Å². The van der Waals surface area contributed by atoms with Crippen LogP contribution in [0, 0.1) is 0 Å². The minimum atomic E-state index is -0.125. The maximum Gasteiger partial charge on any atom is 0.0677 e. The molecule has 0 fully saturated rings. The lowest BCUT2D eigenvalue weighted by molar-refractivity contribution is 0.492. The molecule has 0 spiro atoms. The van der Waals surface area contributed by atoms with Gasteiger partial charge in [-0.1, -0.05) is 0 Å². The van der Waals surface area contributed by atoms with Crippen LogP contribution < -0.4 is 11.1 Å². The summed E-state index contributed by atoms with van der Waals surface area (Å²) in [4.78, 5) is 0. The average molecular weight is 101 g/mol. The van der Waals surface area contributed by atoms with E-state index in [1.54, 1.807) is 0 Å². The smallest absolute Gasteiger partial charge is 0.0677 e. The molecule has 0 aromatic carbocycles. The van der Waals surface area contributed by atoms with E-state index in [2.05, 4.69) is 5.32 Å². The molecule has 0 heterocycles. The minimum Gasteiger partial charge on any atom is -0.299 e. The lowest BCUT2D eigenvalue weighted by atomic mass is 10.4. The lowest BCUT2D eigenvalue weighted by Crippen LogP contribution is -2.32. The first kappa shape index (κ1) is 6.92. The SMILES string of the molecule is CC(C)NC(C)[NH]. The summed E-state index contributed by atoms with van der Waals surface area (Å²) in [6.45, 7) is 5.88. The fraction of sp³-hybridized carbons (Fsp3) is 1.00.